The van der Waals surface area contributed by atoms with Crippen LogP contribution in [-0.4, -0.2) is 27.8 Å². The molecule has 4 N–H and O–H groups in total. The molecule has 0 aliphatic rings. The summed E-state index contributed by atoms with van der Waals surface area (Å²) < 4.78 is 0. The van der Waals surface area contributed by atoms with Gasteiger partial charge in [-0.15, -0.1) is 0 Å². The van der Waals surface area contributed by atoms with Crippen molar-refractivity contribution in [1.29, 1.82) is 0 Å². The largest absolute Gasteiger partial charge is 0.390 e. The summed E-state index contributed by atoms with van der Waals surface area (Å²) in [5.74, 6) is 0.329. The summed E-state index contributed by atoms with van der Waals surface area (Å²) in [5.41, 5.74) is 13.8. The van der Waals surface area contributed by atoms with Crippen molar-refractivity contribution < 1.29 is 10.2 Å². The van der Waals surface area contributed by atoms with Gasteiger partial charge in [-0.25, -0.2) is 4.98 Å². The average Bonchev–Trinajstić information content (AvgIpc) is 2.26. The number of nitrogens with two attached hydrogens (primary N) is 1. The lowest BCUT2D eigenvalue weighted by atomic mass is 10.1. The number of aliphatic hydroxyl groups excluding tert-OH is 2. The summed E-state index contributed by atoms with van der Waals surface area (Å²) in [6, 6.07) is 3.06. The number of anilines is 1. The fourth-order valence-corrected chi connectivity index (χ4v) is 1.03. The van der Waals surface area contributed by atoms with Crippen LogP contribution in [0.5, 0.6) is 0 Å². The maximum atomic E-state index is 9.59. The molecule has 2 atom stereocenters. The van der Waals surface area contributed by atoms with Crippen molar-refractivity contribution in [2.24, 2.45) is 5.11 Å². The Labute approximate surface area is 85.8 Å². The summed E-state index contributed by atoms with van der Waals surface area (Å²) in [6.07, 6.45) is -0.922. The van der Waals surface area contributed by atoms with Crippen molar-refractivity contribution in [3.05, 3.63) is 34.3 Å². The summed E-state index contributed by atoms with van der Waals surface area (Å²) in [5, 5.41) is 22.2. The maximum absolute atomic E-state index is 9.59. The maximum Gasteiger partial charge on any atom is 0.123 e. The zero-order valence-corrected chi connectivity index (χ0v) is 7.85. The number of aromatic nitrogens is 1. The number of hydrogen-bond donors (Lipinski definition) is 3. The third kappa shape index (κ3) is 3.10. The number of rotatable bonds is 4. The molecule has 7 heteroatoms. The molecule has 0 radical (unpaired) electrons. The van der Waals surface area contributed by atoms with Gasteiger partial charge in [-0.05, 0) is 11.6 Å². The van der Waals surface area contributed by atoms with E-state index in [4.69, 9.17) is 11.3 Å². The molecule has 1 aromatic heterocycles. The van der Waals surface area contributed by atoms with Crippen molar-refractivity contribution in [3.8, 4) is 0 Å². The minimum atomic E-state index is -1.15. The van der Waals surface area contributed by atoms with Crippen molar-refractivity contribution in [2.45, 2.75) is 12.2 Å². The molecular formula is C8H11N5O2. The Morgan fingerprint density at radius 1 is 1.53 bits per heavy atom. The highest BCUT2D eigenvalue weighted by atomic mass is 16.3. The summed E-state index contributed by atoms with van der Waals surface area (Å²) in [4.78, 5) is 6.25. The summed E-state index contributed by atoms with van der Waals surface area (Å²) in [6.45, 7) is -0.192. The SMILES string of the molecule is [N-]=[N+]=NCC(O)C(O)c1ccc(N)nc1. The molecule has 2 unspecified atom stereocenters. The molecule has 0 aliphatic heterocycles. The molecule has 1 aromatic rings. The van der Waals surface area contributed by atoms with Crippen LogP contribution in [-0.2, 0) is 0 Å². The minimum Gasteiger partial charge on any atom is -0.390 e. The summed E-state index contributed by atoms with van der Waals surface area (Å²) in [7, 11) is 0. The Hall–Kier alpha value is -1.82. The second kappa shape index (κ2) is 5.16. The first-order valence-corrected chi connectivity index (χ1v) is 4.23. The van der Waals surface area contributed by atoms with E-state index in [-0.39, 0.29) is 6.54 Å². The molecule has 1 rings (SSSR count). The van der Waals surface area contributed by atoms with E-state index < -0.39 is 12.2 Å². The normalized spacial score (nSPS) is 14.0. The molecule has 7 nitrogen and oxygen atoms in total. The fraction of sp³-hybridized carbons (Fsp3) is 0.375. The van der Waals surface area contributed by atoms with E-state index in [9.17, 15) is 10.2 Å². The Balaban J connectivity index is 2.70. The lowest BCUT2D eigenvalue weighted by Gasteiger charge is -2.15. The van der Waals surface area contributed by atoms with E-state index in [1.807, 2.05) is 0 Å². The van der Waals surface area contributed by atoms with E-state index in [0.717, 1.165) is 0 Å². The second-order valence-electron chi connectivity index (χ2n) is 2.94. The first-order valence-electron chi connectivity index (χ1n) is 4.23. The number of hydrogen-bond acceptors (Lipinski definition) is 5. The lowest BCUT2D eigenvalue weighted by molar-refractivity contribution is 0.0242. The zero-order valence-electron chi connectivity index (χ0n) is 7.85. The predicted octanol–water partition coefficient (Wildman–Crippen LogP) is 0.368. The van der Waals surface area contributed by atoms with Gasteiger partial charge in [-0.1, -0.05) is 11.2 Å². The molecule has 0 bridgehead atoms. The van der Waals surface area contributed by atoms with Gasteiger partial charge in [0.1, 0.15) is 11.9 Å². The van der Waals surface area contributed by atoms with E-state index in [1.165, 1.54) is 12.3 Å². The van der Waals surface area contributed by atoms with Crippen molar-refractivity contribution in [3.63, 3.8) is 0 Å². The monoisotopic (exact) mass is 209 g/mol. The highest BCUT2D eigenvalue weighted by molar-refractivity contribution is 5.30. The van der Waals surface area contributed by atoms with E-state index in [0.29, 0.717) is 11.4 Å². The van der Waals surface area contributed by atoms with Crippen molar-refractivity contribution >= 4 is 5.82 Å². The Morgan fingerprint density at radius 2 is 2.27 bits per heavy atom. The average molecular weight is 209 g/mol. The number of pyridine rings is 1. The Bertz CT molecular complexity index is 360. The van der Waals surface area contributed by atoms with Gasteiger partial charge in [0.25, 0.3) is 0 Å². The number of aliphatic hydroxyl groups is 2. The standard InChI is InChI=1S/C8H11N5O2/c9-7-2-1-5(3-11-7)8(15)6(14)4-12-13-10/h1-3,6,8,14-15H,4H2,(H2,9,11). The fourth-order valence-electron chi connectivity index (χ4n) is 1.03. The van der Waals surface area contributed by atoms with Crippen LogP contribution in [0.15, 0.2) is 23.4 Å². The topological polar surface area (TPSA) is 128 Å². The molecule has 0 aromatic carbocycles. The molecule has 15 heavy (non-hydrogen) atoms. The number of nitrogen functional groups attached to an aromatic ring is 1. The molecule has 0 aliphatic carbocycles. The molecule has 0 saturated carbocycles. The molecule has 0 spiro atoms. The van der Waals surface area contributed by atoms with Gasteiger partial charge in [0.05, 0.1) is 12.6 Å². The summed E-state index contributed by atoms with van der Waals surface area (Å²) >= 11 is 0. The van der Waals surface area contributed by atoms with Gasteiger partial charge < -0.3 is 15.9 Å². The van der Waals surface area contributed by atoms with E-state index in [1.54, 1.807) is 6.07 Å². The molecule has 0 saturated heterocycles. The van der Waals surface area contributed by atoms with Crippen LogP contribution >= 0.6 is 0 Å². The van der Waals surface area contributed by atoms with Crippen LogP contribution in [0.2, 0.25) is 0 Å². The van der Waals surface area contributed by atoms with Gasteiger partial charge >= 0.3 is 0 Å². The van der Waals surface area contributed by atoms with Gasteiger partial charge in [-0.2, -0.15) is 0 Å². The Kier molecular flexibility index (Phi) is 3.87. The van der Waals surface area contributed by atoms with Crippen LogP contribution in [0.1, 0.15) is 11.7 Å². The first kappa shape index (κ1) is 11.3. The van der Waals surface area contributed by atoms with E-state index >= 15 is 0 Å². The number of azide groups is 1. The predicted molar refractivity (Wildman–Crippen MR) is 53.6 cm³/mol. The highest BCUT2D eigenvalue weighted by Crippen LogP contribution is 2.16. The van der Waals surface area contributed by atoms with Crippen LogP contribution in [0, 0.1) is 0 Å². The van der Waals surface area contributed by atoms with Crippen LogP contribution in [0.4, 0.5) is 5.82 Å². The third-order valence-electron chi connectivity index (χ3n) is 1.85. The van der Waals surface area contributed by atoms with Gasteiger partial charge in [0, 0.05) is 16.7 Å². The molecule has 0 amide bonds. The zero-order chi connectivity index (χ0) is 11.3. The van der Waals surface area contributed by atoms with Crippen LogP contribution in [0.3, 0.4) is 0 Å². The smallest absolute Gasteiger partial charge is 0.123 e. The second-order valence-corrected chi connectivity index (χ2v) is 2.94. The van der Waals surface area contributed by atoms with E-state index in [2.05, 4.69) is 15.0 Å². The minimum absolute atomic E-state index is 0.192. The molecular weight excluding hydrogens is 198 g/mol. The number of nitrogens with zero attached hydrogens (tertiary/aromatic N) is 4. The first-order chi connectivity index (χ1) is 7.15. The molecule has 1 heterocycles. The lowest BCUT2D eigenvalue weighted by Crippen LogP contribution is -2.21. The third-order valence-corrected chi connectivity index (χ3v) is 1.85. The molecule has 80 valence electrons. The van der Waals surface area contributed by atoms with Crippen LogP contribution in [0.25, 0.3) is 10.4 Å². The highest BCUT2D eigenvalue weighted by Gasteiger charge is 2.17. The van der Waals surface area contributed by atoms with Crippen LogP contribution < -0.4 is 5.73 Å². The van der Waals surface area contributed by atoms with Gasteiger partial charge in [0.2, 0.25) is 0 Å². The van der Waals surface area contributed by atoms with Crippen molar-refractivity contribution in [2.75, 3.05) is 12.3 Å². The van der Waals surface area contributed by atoms with Gasteiger partial charge in [0.15, 0.2) is 0 Å². The van der Waals surface area contributed by atoms with Crippen molar-refractivity contribution in [1.82, 2.24) is 4.98 Å². The Morgan fingerprint density at radius 3 is 2.80 bits per heavy atom. The van der Waals surface area contributed by atoms with Gasteiger partial charge in [-0.3, -0.25) is 0 Å². The quantitative estimate of drug-likeness (QED) is 0.375. The molecule has 0 fully saturated rings.